The zero-order chi connectivity index (χ0) is 10.0. The number of nitrogens with two attached hydrogens (primary N) is 1. The summed E-state index contributed by atoms with van der Waals surface area (Å²) in [6, 6.07) is 0.211. The molecule has 1 fully saturated rings. The van der Waals surface area contributed by atoms with E-state index in [1.807, 2.05) is 14.1 Å². The topological polar surface area (TPSA) is 46.3 Å². The molecule has 0 aromatic heterocycles. The minimum Gasteiger partial charge on any atom is -0.349 e. The summed E-state index contributed by atoms with van der Waals surface area (Å²) < 4.78 is 0. The minimum atomic E-state index is 0.152. The van der Waals surface area contributed by atoms with E-state index in [2.05, 4.69) is 6.92 Å². The van der Waals surface area contributed by atoms with Gasteiger partial charge in [-0.25, -0.2) is 0 Å². The van der Waals surface area contributed by atoms with E-state index in [0.29, 0.717) is 5.92 Å². The van der Waals surface area contributed by atoms with Crippen molar-refractivity contribution in [3.63, 3.8) is 0 Å². The summed E-state index contributed by atoms with van der Waals surface area (Å²) in [5.74, 6) is 0.727. The zero-order valence-electron chi connectivity index (χ0n) is 8.79. The van der Waals surface area contributed by atoms with Gasteiger partial charge in [-0.2, -0.15) is 0 Å². The van der Waals surface area contributed by atoms with Crippen molar-refractivity contribution in [2.24, 2.45) is 17.6 Å². The first-order valence-electron chi connectivity index (χ1n) is 5.00. The van der Waals surface area contributed by atoms with Gasteiger partial charge in [-0.1, -0.05) is 13.3 Å². The minimum absolute atomic E-state index is 0.152. The average Bonchev–Trinajstić information content (AvgIpc) is 2.08. The number of hydrogen-bond donors (Lipinski definition) is 1. The first-order valence-corrected chi connectivity index (χ1v) is 5.00. The van der Waals surface area contributed by atoms with E-state index in [4.69, 9.17) is 5.73 Å². The molecule has 1 amide bonds. The summed E-state index contributed by atoms with van der Waals surface area (Å²) in [5, 5.41) is 0. The summed E-state index contributed by atoms with van der Waals surface area (Å²) in [7, 11) is 3.63. The molecule has 0 radical (unpaired) electrons. The molecule has 0 spiro atoms. The van der Waals surface area contributed by atoms with Crippen LogP contribution in [-0.4, -0.2) is 30.9 Å². The first kappa shape index (κ1) is 10.5. The molecule has 3 nitrogen and oxygen atoms in total. The van der Waals surface area contributed by atoms with E-state index in [-0.39, 0.29) is 17.9 Å². The molecule has 0 bridgehead atoms. The number of carbonyl (C=O) groups is 1. The fourth-order valence-electron chi connectivity index (χ4n) is 2.08. The second-order valence-corrected chi connectivity index (χ2v) is 4.29. The SMILES string of the molecule is CC1C(N)CCCC1C(=O)N(C)C. The molecule has 0 heterocycles. The maximum absolute atomic E-state index is 11.7. The van der Waals surface area contributed by atoms with Crippen LogP contribution in [0.1, 0.15) is 26.2 Å². The number of hydrogen-bond acceptors (Lipinski definition) is 2. The molecule has 3 unspecified atom stereocenters. The summed E-state index contributed by atoms with van der Waals surface area (Å²) in [6.07, 6.45) is 3.17. The smallest absolute Gasteiger partial charge is 0.225 e. The van der Waals surface area contributed by atoms with E-state index >= 15 is 0 Å². The Kier molecular flexibility index (Phi) is 3.31. The van der Waals surface area contributed by atoms with Crippen molar-refractivity contribution in [2.75, 3.05) is 14.1 Å². The third-order valence-electron chi connectivity index (χ3n) is 3.12. The van der Waals surface area contributed by atoms with Crippen molar-refractivity contribution >= 4 is 5.91 Å². The van der Waals surface area contributed by atoms with Gasteiger partial charge in [-0.15, -0.1) is 0 Å². The molecule has 13 heavy (non-hydrogen) atoms. The molecular weight excluding hydrogens is 164 g/mol. The predicted molar refractivity (Wildman–Crippen MR) is 53.2 cm³/mol. The van der Waals surface area contributed by atoms with Gasteiger partial charge in [-0.05, 0) is 18.8 Å². The van der Waals surface area contributed by atoms with E-state index in [1.165, 1.54) is 0 Å². The van der Waals surface area contributed by atoms with E-state index in [0.717, 1.165) is 19.3 Å². The number of rotatable bonds is 1. The van der Waals surface area contributed by atoms with Gasteiger partial charge < -0.3 is 10.6 Å². The van der Waals surface area contributed by atoms with Gasteiger partial charge in [0, 0.05) is 26.1 Å². The highest BCUT2D eigenvalue weighted by atomic mass is 16.2. The van der Waals surface area contributed by atoms with Gasteiger partial charge in [0.1, 0.15) is 0 Å². The van der Waals surface area contributed by atoms with E-state index in [1.54, 1.807) is 4.90 Å². The van der Waals surface area contributed by atoms with Crippen LogP contribution in [0.4, 0.5) is 0 Å². The lowest BCUT2D eigenvalue weighted by molar-refractivity contribution is -0.135. The fraction of sp³-hybridized carbons (Fsp3) is 0.900. The molecule has 0 aliphatic heterocycles. The van der Waals surface area contributed by atoms with E-state index in [9.17, 15) is 4.79 Å². The lowest BCUT2D eigenvalue weighted by Crippen LogP contribution is -2.43. The van der Waals surface area contributed by atoms with Gasteiger partial charge in [0.05, 0.1) is 0 Å². The van der Waals surface area contributed by atoms with Gasteiger partial charge in [0.25, 0.3) is 0 Å². The van der Waals surface area contributed by atoms with Crippen molar-refractivity contribution in [3.8, 4) is 0 Å². The van der Waals surface area contributed by atoms with Gasteiger partial charge >= 0.3 is 0 Å². The van der Waals surface area contributed by atoms with Crippen LogP contribution >= 0.6 is 0 Å². The maximum Gasteiger partial charge on any atom is 0.225 e. The van der Waals surface area contributed by atoms with Crippen molar-refractivity contribution in [1.29, 1.82) is 0 Å². The molecule has 1 rings (SSSR count). The van der Waals surface area contributed by atoms with Crippen LogP contribution in [0, 0.1) is 11.8 Å². The molecule has 3 heteroatoms. The van der Waals surface area contributed by atoms with E-state index < -0.39 is 0 Å². The molecular formula is C10H20N2O. The lowest BCUT2D eigenvalue weighted by Gasteiger charge is -2.34. The maximum atomic E-state index is 11.7. The zero-order valence-corrected chi connectivity index (χ0v) is 8.79. The fourth-order valence-corrected chi connectivity index (χ4v) is 2.08. The molecule has 0 saturated heterocycles. The highest BCUT2D eigenvalue weighted by Gasteiger charge is 2.33. The number of nitrogens with zero attached hydrogens (tertiary/aromatic N) is 1. The van der Waals surface area contributed by atoms with Crippen LogP contribution in [0.2, 0.25) is 0 Å². The standard InChI is InChI=1S/C10H20N2O/c1-7-8(10(13)12(2)3)5-4-6-9(7)11/h7-9H,4-6,11H2,1-3H3. The Labute approximate surface area is 80.3 Å². The summed E-state index contributed by atoms with van der Waals surface area (Å²) in [6.45, 7) is 2.09. The van der Waals surface area contributed by atoms with Crippen LogP contribution in [-0.2, 0) is 4.79 Å². The second kappa shape index (κ2) is 4.09. The summed E-state index contributed by atoms with van der Waals surface area (Å²) >= 11 is 0. The van der Waals surface area contributed by atoms with Gasteiger partial charge in [-0.3, -0.25) is 4.79 Å². The van der Waals surface area contributed by atoms with Crippen LogP contribution in [0.5, 0.6) is 0 Å². The average molecular weight is 184 g/mol. The normalized spacial score (nSPS) is 34.3. The monoisotopic (exact) mass is 184 g/mol. The highest BCUT2D eigenvalue weighted by Crippen LogP contribution is 2.29. The Bertz CT molecular complexity index is 191. The summed E-state index contributed by atoms with van der Waals surface area (Å²) in [4.78, 5) is 13.4. The van der Waals surface area contributed by atoms with Crippen LogP contribution in [0.25, 0.3) is 0 Å². The largest absolute Gasteiger partial charge is 0.349 e. The van der Waals surface area contributed by atoms with Crippen molar-refractivity contribution in [2.45, 2.75) is 32.2 Å². The number of amides is 1. The van der Waals surface area contributed by atoms with Crippen LogP contribution in [0.15, 0.2) is 0 Å². The predicted octanol–water partition coefficient (Wildman–Crippen LogP) is 0.838. The Morgan fingerprint density at radius 2 is 2.00 bits per heavy atom. The Morgan fingerprint density at radius 1 is 1.38 bits per heavy atom. The van der Waals surface area contributed by atoms with Gasteiger partial charge in [0.15, 0.2) is 0 Å². The summed E-state index contributed by atoms with van der Waals surface area (Å²) in [5.41, 5.74) is 5.94. The first-order chi connectivity index (χ1) is 6.04. The van der Waals surface area contributed by atoms with Crippen LogP contribution in [0.3, 0.4) is 0 Å². The third kappa shape index (κ3) is 2.21. The molecule has 76 valence electrons. The highest BCUT2D eigenvalue weighted by molar-refractivity contribution is 5.78. The Hall–Kier alpha value is -0.570. The molecule has 3 atom stereocenters. The third-order valence-corrected chi connectivity index (χ3v) is 3.12. The molecule has 0 aromatic rings. The Morgan fingerprint density at radius 3 is 2.54 bits per heavy atom. The number of carbonyl (C=O) groups excluding carboxylic acids is 1. The quantitative estimate of drug-likeness (QED) is 0.656. The molecule has 1 aliphatic rings. The Balaban J connectivity index is 2.62. The van der Waals surface area contributed by atoms with Crippen LogP contribution < -0.4 is 5.73 Å². The molecule has 2 N–H and O–H groups in total. The molecule has 1 saturated carbocycles. The van der Waals surface area contributed by atoms with Crippen molar-refractivity contribution in [3.05, 3.63) is 0 Å². The lowest BCUT2D eigenvalue weighted by atomic mass is 9.76. The van der Waals surface area contributed by atoms with Crippen molar-refractivity contribution in [1.82, 2.24) is 4.90 Å². The second-order valence-electron chi connectivity index (χ2n) is 4.29. The molecule has 0 aromatic carbocycles. The van der Waals surface area contributed by atoms with Crippen molar-refractivity contribution < 1.29 is 4.79 Å². The molecule has 1 aliphatic carbocycles. The van der Waals surface area contributed by atoms with Gasteiger partial charge in [0.2, 0.25) is 5.91 Å².